The van der Waals surface area contributed by atoms with E-state index in [1.54, 1.807) is 11.0 Å². The quantitative estimate of drug-likeness (QED) is 0.320. The molecular formula is C28H24BrN3O4. The third-order valence-corrected chi connectivity index (χ3v) is 6.64. The third-order valence-electron chi connectivity index (χ3n) is 6.14. The molecule has 1 fully saturated rings. The van der Waals surface area contributed by atoms with Crippen LogP contribution in [0.5, 0.6) is 17.2 Å². The van der Waals surface area contributed by atoms with Crippen molar-refractivity contribution in [2.24, 2.45) is 0 Å². The number of amides is 1. The SMILES string of the molecule is N#C/C(=C/c1cc(Br)ccc1OCc1ccc2c(c1)OCO2)C(=O)N1CCN(c2ccccc2)CC1. The van der Waals surface area contributed by atoms with Crippen LogP contribution in [0.25, 0.3) is 6.08 Å². The Morgan fingerprint density at radius 2 is 1.78 bits per heavy atom. The Kier molecular flexibility index (Phi) is 7.10. The first-order valence-corrected chi connectivity index (χ1v) is 12.4. The van der Waals surface area contributed by atoms with E-state index in [1.165, 1.54) is 0 Å². The van der Waals surface area contributed by atoms with E-state index in [1.807, 2.05) is 54.6 Å². The topological polar surface area (TPSA) is 75.0 Å². The molecule has 0 spiro atoms. The van der Waals surface area contributed by atoms with Crippen LogP contribution in [0.4, 0.5) is 5.69 Å². The number of para-hydroxylation sites is 1. The van der Waals surface area contributed by atoms with E-state index in [-0.39, 0.29) is 18.3 Å². The molecule has 0 radical (unpaired) electrons. The summed E-state index contributed by atoms with van der Waals surface area (Å²) in [5, 5.41) is 9.82. The first-order valence-electron chi connectivity index (χ1n) is 11.6. The van der Waals surface area contributed by atoms with Gasteiger partial charge < -0.3 is 24.0 Å². The molecule has 8 heteroatoms. The monoisotopic (exact) mass is 545 g/mol. The summed E-state index contributed by atoms with van der Waals surface area (Å²) in [6.07, 6.45) is 1.60. The van der Waals surface area contributed by atoms with Crippen molar-refractivity contribution in [2.45, 2.75) is 6.61 Å². The van der Waals surface area contributed by atoms with Gasteiger partial charge in [-0.1, -0.05) is 40.2 Å². The highest BCUT2D eigenvalue weighted by molar-refractivity contribution is 9.10. The maximum absolute atomic E-state index is 13.2. The van der Waals surface area contributed by atoms with Gasteiger partial charge in [-0.2, -0.15) is 5.26 Å². The molecule has 0 unspecified atom stereocenters. The summed E-state index contributed by atoms with van der Waals surface area (Å²) < 4.78 is 17.7. The van der Waals surface area contributed by atoms with Crippen LogP contribution < -0.4 is 19.1 Å². The van der Waals surface area contributed by atoms with Gasteiger partial charge in [0.25, 0.3) is 5.91 Å². The van der Waals surface area contributed by atoms with Gasteiger partial charge in [0.2, 0.25) is 6.79 Å². The number of carbonyl (C=O) groups excluding carboxylic acids is 1. The lowest BCUT2D eigenvalue weighted by Gasteiger charge is -2.36. The van der Waals surface area contributed by atoms with Crippen LogP contribution in [-0.2, 0) is 11.4 Å². The molecule has 1 amide bonds. The average molecular weight is 546 g/mol. The molecule has 0 atom stereocenters. The first kappa shape index (κ1) is 23.8. The second kappa shape index (κ2) is 10.8. The van der Waals surface area contributed by atoms with Crippen molar-refractivity contribution in [3.8, 4) is 23.3 Å². The first-order chi connectivity index (χ1) is 17.6. The highest BCUT2D eigenvalue weighted by Crippen LogP contribution is 2.33. The Bertz CT molecular complexity index is 1330. The normalized spacial score (nSPS) is 14.9. The van der Waals surface area contributed by atoms with Crippen molar-refractivity contribution in [1.82, 2.24) is 4.90 Å². The number of hydrogen-bond acceptors (Lipinski definition) is 6. The van der Waals surface area contributed by atoms with Crippen molar-refractivity contribution in [3.05, 3.63) is 87.9 Å². The van der Waals surface area contributed by atoms with Crippen LogP contribution in [0, 0.1) is 11.3 Å². The third kappa shape index (κ3) is 5.31. The summed E-state index contributed by atoms with van der Waals surface area (Å²) in [6.45, 7) is 3.06. The molecule has 2 aliphatic heterocycles. The van der Waals surface area contributed by atoms with Gasteiger partial charge in [-0.05, 0) is 54.1 Å². The summed E-state index contributed by atoms with van der Waals surface area (Å²) in [5.74, 6) is 1.71. The molecule has 3 aromatic rings. The molecule has 7 nitrogen and oxygen atoms in total. The van der Waals surface area contributed by atoms with Crippen LogP contribution in [0.2, 0.25) is 0 Å². The molecule has 1 saturated heterocycles. The fourth-order valence-electron chi connectivity index (χ4n) is 4.23. The minimum Gasteiger partial charge on any atom is -0.488 e. The van der Waals surface area contributed by atoms with Gasteiger partial charge >= 0.3 is 0 Å². The van der Waals surface area contributed by atoms with Crippen LogP contribution in [0.1, 0.15) is 11.1 Å². The Morgan fingerprint density at radius 3 is 2.56 bits per heavy atom. The lowest BCUT2D eigenvalue weighted by Crippen LogP contribution is -2.49. The molecule has 182 valence electrons. The van der Waals surface area contributed by atoms with E-state index in [9.17, 15) is 10.1 Å². The van der Waals surface area contributed by atoms with Gasteiger partial charge in [-0.15, -0.1) is 0 Å². The summed E-state index contributed by atoms with van der Waals surface area (Å²) >= 11 is 3.48. The van der Waals surface area contributed by atoms with E-state index >= 15 is 0 Å². The second-order valence-corrected chi connectivity index (χ2v) is 9.36. The van der Waals surface area contributed by atoms with E-state index in [4.69, 9.17) is 14.2 Å². The maximum atomic E-state index is 13.2. The van der Waals surface area contributed by atoms with Gasteiger partial charge in [0.05, 0.1) is 0 Å². The van der Waals surface area contributed by atoms with Crippen molar-refractivity contribution >= 4 is 33.6 Å². The molecule has 0 N–H and O–H groups in total. The Balaban J connectivity index is 1.29. The summed E-state index contributed by atoms with van der Waals surface area (Å²) in [7, 11) is 0. The van der Waals surface area contributed by atoms with Crippen LogP contribution >= 0.6 is 15.9 Å². The summed E-state index contributed by atoms with van der Waals surface area (Å²) in [5.41, 5.74) is 2.79. The Labute approximate surface area is 218 Å². The van der Waals surface area contributed by atoms with Crippen LogP contribution in [-0.4, -0.2) is 43.8 Å². The number of halogens is 1. The van der Waals surface area contributed by atoms with Gasteiger partial charge in [0.1, 0.15) is 24.0 Å². The Morgan fingerprint density at radius 1 is 1.00 bits per heavy atom. The number of ether oxygens (including phenoxy) is 3. The zero-order valence-electron chi connectivity index (χ0n) is 19.5. The summed E-state index contributed by atoms with van der Waals surface area (Å²) in [4.78, 5) is 17.2. The van der Waals surface area contributed by atoms with Crippen LogP contribution in [0.15, 0.2) is 76.8 Å². The van der Waals surface area contributed by atoms with Crippen LogP contribution in [0.3, 0.4) is 0 Å². The Hall–Kier alpha value is -3.96. The number of fused-ring (bicyclic) bond motifs is 1. The fourth-order valence-corrected chi connectivity index (χ4v) is 4.61. The zero-order chi connectivity index (χ0) is 24.9. The largest absolute Gasteiger partial charge is 0.488 e. The highest BCUT2D eigenvalue weighted by Gasteiger charge is 2.24. The van der Waals surface area contributed by atoms with E-state index in [2.05, 4.69) is 39.0 Å². The van der Waals surface area contributed by atoms with Crippen molar-refractivity contribution in [1.29, 1.82) is 5.26 Å². The van der Waals surface area contributed by atoms with Gasteiger partial charge in [0.15, 0.2) is 11.5 Å². The molecular weight excluding hydrogens is 522 g/mol. The van der Waals surface area contributed by atoms with Gasteiger partial charge in [-0.3, -0.25) is 4.79 Å². The maximum Gasteiger partial charge on any atom is 0.264 e. The summed E-state index contributed by atoms with van der Waals surface area (Å²) in [6, 6.07) is 23.4. The fraction of sp³-hybridized carbons (Fsp3) is 0.214. The molecule has 2 heterocycles. The number of benzene rings is 3. The predicted octanol–water partition coefficient (Wildman–Crippen LogP) is 5.01. The number of carbonyl (C=O) groups is 1. The van der Waals surface area contributed by atoms with Crippen molar-refractivity contribution in [2.75, 3.05) is 37.9 Å². The number of anilines is 1. The molecule has 5 rings (SSSR count). The smallest absolute Gasteiger partial charge is 0.264 e. The predicted molar refractivity (Wildman–Crippen MR) is 140 cm³/mol. The van der Waals surface area contributed by atoms with Gasteiger partial charge in [0, 0.05) is 41.9 Å². The number of nitriles is 1. The highest BCUT2D eigenvalue weighted by atomic mass is 79.9. The van der Waals surface area contributed by atoms with Gasteiger partial charge in [-0.25, -0.2) is 0 Å². The second-order valence-electron chi connectivity index (χ2n) is 8.44. The lowest BCUT2D eigenvalue weighted by atomic mass is 10.1. The molecule has 0 saturated carbocycles. The molecule has 0 aliphatic carbocycles. The van der Waals surface area contributed by atoms with E-state index in [0.717, 1.165) is 28.8 Å². The molecule has 3 aromatic carbocycles. The number of hydrogen-bond donors (Lipinski definition) is 0. The minimum atomic E-state index is -0.271. The minimum absolute atomic E-state index is 0.0780. The zero-order valence-corrected chi connectivity index (χ0v) is 21.1. The number of piperazine rings is 1. The molecule has 2 aliphatic rings. The van der Waals surface area contributed by atoms with Crippen molar-refractivity contribution < 1.29 is 19.0 Å². The number of rotatable bonds is 6. The average Bonchev–Trinajstić information content (AvgIpc) is 3.39. The molecule has 36 heavy (non-hydrogen) atoms. The molecule has 0 bridgehead atoms. The van der Waals surface area contributed by atoms with E-state index < -0.39 is 0 Å². The van der Waals surface area contributed by atoms with Crippen molar-refractivity contribution in [3.63, 3.8) is 0 Å². The molecule has 0 aromatic heterocycles. The number of nitrogens with zero attached hydrogens (tertiary/aromatic N) is 3. The van der Waals surface area contributed by atoms with E-state index in [0.29, 0.717) is 42.5 Å². The standard InChI is InChI=1S/C28H24BrN3O4/c29-23-7-9-25(34-18-20-6-8-26-27(14-20)36-19-35-26)21(16-23)15-22(17-30)28(33)32-12-10-31(11-13-32)24-4-2-1-3-5-24/h1-9,14-16H,10-13,18-19H2/b22-15-. The lowest BCUT2D eigenvalue weighted by molar-refractivity contribution is -0.126.